The molecule has 0 fully saturated rings. The number of rotatable bonds is 17. The number of allylic oxidation sites excluding steroid dienone is 4. The van der Waals surface area contributed by atoms with E-state index >= 15 is 0 Å². The van der Waals surface area contributed by atoms with Gasteiger partial charge in [0.05, 0.1) is 12.2 Å². The number of hydrogen-bond acceptors (Lipinski definition) is 7. The number of nitrogens with zero attached hydrogens (tertiary/aromatic N) is 3. The maximum atomic E-state index is 12.6. The second kappa shape index (κ2) is 19.2. The van der Waals surface area contributed by atoms with Gasteiger partial charge in [-0.15, -0.1) is 0 Å². The van der Waals surface area contributed by atoms with Crippen LogP contribution < -0.4 is 4.74 Å². The van der Waals surface area contributed by atoms with Gasteiger partial charge in [0.1, 0.15) is 11.5 Å². The summed E-state index contributed by atoms with van der Waals surface area (Å²) in [5.74, 6) is 1.09. The first-order valence-corrected chi connectivity index (χ1v) is 18.4. The van der Waals surface area contributed by atoms with E-state index in [1.807, 2.05) is 49.4 Å². The summed E-state index contributed by atoms with van der Waals surface area (Å²) in [4.78, 5) is 27.1. The van der Waals surface area contributed by atoms with Crippen LogP contribution in [0.5, 0.6) is 11.5 Å². The van der Waals surface area contributed by atoms with Crippen molar-refractivity contribution in [2.75, 3.05) is 6.61 Å². The molecule has 7 heteroatoms. The lowest BCUT2D eigenvalue weighted by Crippen LogP contribution is -2.26. The van der Waals surface area contributed by atoms with Crippen molar-refractivity contribution in [3.8, 4) is 56.8 Å². The van der Waals surface area contributed by atoms with Gasteiger partial charge in [-0.3, -0.25) is 0 Å². The Morgan fingerprint density at radius 2 is 1.33 bits per heavy atom. The number of carbonyl (C=O) groups excluding carboxylic acids is 1. The van der Waals surface area contributed by atoms with Crippen molar-refractivity contribution in [2.45, 2.75) is 78.7 Å². The molecule has 4 aromatic carbocycles. The number of phenolic OH excluding ortho intramolecular Hbond substituents is 1. The predicted octanol–water partition coefficient (Wildman–Crippen LogP) is 11.3. The van der Waals surface area contributed by atoms with Crippen LogP contribution in [0.1, 0.15) is 78.2 Å². The van der Waals surface area contributed by atoms with Gasteiger partial charge in [0.25, 0.3) is 0 Å². The van der Waals surface area contributed by atoms with Gasteiger partial charge in [0.2, 0.25) is 0 Å². The van der Waals surface area contributed by atoms with E-state index in [0.717, 1.165) is 59.1 Å². The fourth-order valence-corrected chi connectivity index (χ4v) is 5.81. The molecule has 1 heterocycles. The monoisotopic (exact) mass is 695 g/mol. The molecule has 0 bridgehead atoms. The van der Waals surface area contributed by atoms with Crippen molar-refractivity contribution in [1.82, 2.24) is 15.0 Å². The van der Waals surface area contributed by atoms with Crippen LogP contribution in [0.3, 0.4) is 0 Å². The molecule has 0 spiro atoms. The quantitative estimate of drug-likeness (QED) is 0.0588. The Kier molecular flexibility index (Phi) is 13.9. The zero-order valence-electron chi connectivity index (χ0n) is 30.7. The molecular weight excluding hydrogens is 647 g/mol. The number of benzene rings is 4. The lowest BCUT2D eigenvalue weighted by molar-refractivity contribution is -0.151. The van der Waals surface area contributed by atoms with Crippen LogP contribution in [0.2, 0.25) is 0 Å². The number of aromatic hydroxyl groups is 1. The van der Waals surface area contributed by atoms with E-state index in [0.29, 0.717) is 35.4 Å². The van der Waals surface area contributed by atoms with Crippen LogP contribution in [-0.4, -0.2) is 38.7 Å². The summed E-state index contributed by atoms with van der Waals surface area (Å²) < 4.78 is 11.3. The summed E-state index contributed by atoms with van der Waals surface area (Å²) >= 11 is 0. The maximum absolute atomic E-state index is 12.6. The highest BCUT2D eigenvalue weighted by Gasteiger charge is 2.19. The normalized spacial score (nSPS) is 12.2. The Hall–Kier alpha value is -5.56. The van der Waals surface area contributed by atoms with Crippen LogP contribution >= 0.6 is 0 Å². The number of esters is 1. The highest BCUT2D eigenvalue weighted by atomic mass is 16.6. The summed E-state index contributed by atoms with van der Waals surface area (Å²) in [5, 5.41) is 11.2. The lowest BCUT2D eigenvalue weighted by atomic mass is 10.0. The zero-order chi connectivity index (χ0) is 36.7. The Labute approximate surface area is 308 Å². The molecule has 7 nitrogen and oxygen atoms in total. The summed E-state index contributed by atoms with van der Waals surface area (Å²) in [6.07, 6.45) is 13.2. The smallest absolute Gasteiger partial charge is 0.347 e. The van der Waals surface area contributed by atoms with E-state index in [4.69, 9.17) is 24.4 Å². The molecule has 0 aliphatic rings. The van der Waals surface area contributed by atoms with Gasteiger partial charge in [-0.1, -0.05) is 143 Å². The number of ether oxygens (including phenoxy) is 2. The number of unbranched alkanes of at least 4 members (excludes halogenated alkanes) is 5. The van der Waals surface area contributed by atoms with Crippen LogP contribution in [0.15, 0.2) is 115 Å². The fraction of sp³-hybridized carbons (Fsp3) is 0.289. The second-order valence-corrected chi connectivity index (χ2v) is 12.8. The molecule has 1 atom stereocenters. The van der Waals surface area contributed by atoms with E-state index < -0.39 is 12.1 Å². The molecule has 0 saturated carbocycles. The minimum atomic E-state index is -0.830. The molecule has 5 aromatic rings. The fourth-order valence-electron chi connectivity index (χ4n) is 5.81. The summed E-state index contributed by atoms with van der Waals surface area (Å²) in [6.45, 7) is 8.36. The molecule has 52 heavy (non-hydrogen) atoms. The van der Waals surface area contributed by atoms with Crippen molar-refractivity contribution >= 4 is 11.5 Å². The Morgan fingerprint density at radius 3 is 1.96 bits per heavy atom. The third-order valence-corrected chi connectivity index (χ3v) is 8.80. The van der Waals surface area contributed by atoms with Gasteiger partial charge in [-0.05, 0) is 61.1 Å². The molecule has 1 N–H and O–H groups in total. The Bertz CT molecular complexity index is 1950. The Balaban J connectivity index is 1.40. The minimum Gasteiger partial charge on any atom is -0.507 e. The summed E-state index contributed by atoms with van der Waals surface area (Å²) in [6, 6.07) is 31.3. The van der Waals surface area contributed by atoms with Crippen molar-refractivity contribution in [1.29, 1.82) is 0 Å². The number of phenols is 1. The largest absolute Gasteiger partial charge is 0.507 e. The van der Waals surface area contributed by atoms with Gasteiger partial charge in [0, 0.05) is 17.2 Å². The van der Waals surface area contributed by atoms with Crippen LogP contribution in [0, 0.1) is 0 Å². The van der Waals surface area contributed by atoms with Gasteiger partial charge in [0.15, 0.2) is 23.6 Å². The second-order valence-electron chi connectivity index (χ2n) is 12.8. The lowest BCUT2D eigenvalue weighted by Gasteiger charge is -2.15. The third-order valence-electron chi connectivity index (χ3n) is 8.80. The molecule has 268 valence electrons. The average molecular weight is 696 g/mol. The first kappa shape index (κ1) is 37.7. The Morgan fingerprint density at radius 1 is 0.731 bits per heavy atom. The van der Waals surface area contributed by atoms with Crippen molar-refractivity contribution in [3.63, 3.8) is 0 Å². The number of aromatic nitrogens is 3. The highest BCUT2D eigenvalue weighted by molar-refractivity contribution is 5.77. The SMILES string of the molecule is C/C=C(\C=C/CC)c1ccc(-c2nc(-c3ccc(-c4ccccc4)cc3)nc(-c3ccc(OC(C)C(=O)OCCCCCCCC)cc3O)n2)cc1. The molecule has 0 aliphatic heterocycles. The standard InChI is InChI=1S/C45H49N3O4/c1-5-8-10-11-12-16-30-51-45(50)32(4)52-39-28-29-40(41(49)31-39)44-47-42(37-24-20-35(21-25-37)33(7-3)17-9-6-2)46-43(48-44)38-26-22-36(23-27-38)34-18-14-13-15-19-34/h7,9,13-15,17-29,31-32,49H,5-6,8,10-12,16,30H2,1-4H3/b17-9-,33-7+. The van der Waals surface area contributed by atoms with Crippen LogP contribution in [-0.2, 0) is 9.53 Å². The number of carbonyl (C=O) groups is 1. The van der Waals surface area contributed by atoms with Gasteiger partial charge in [-0.2, -0.15) is 0 Å². The van der Waals surface area contributed by atoms with E-state index in [9.17, 15) is 9.90 Å². The van der Waals surface area contributed by atoms with E-state index in [-0.39, 0.29) is 5.75 Å². The molecule has 0 radical (unpaired) electrons. The maximum Gasteiger partial charge on any atom is 0.347 e. The molecular formula is C45H49N3O4. The van der Waals surface area contributed by atoms with E-state index in [1.54, 1.807) is 19.1 Å². The van der Waals surface area contributed by atoms with Crippen molar-refractivity contribution in [3.05, 3.63) is 121 Å². The minimum absolute atomic E-state index is 0.0801. The molecule has 0 amide bonds. The molecule has 1 unspecified atom stereocenters. The predicted molar refractivity (Wildman–Crippen MR) is 211 cm³/mol. The molecule has 1 aromatic heterocycles. The number of hydrogen-bond donors (Lipinski definition) is 1. The topological polar surface area (TPSA) is 94.4 Å². The van der Waals surface area contributed by atoms with Gasteiger partial charge < -0.3 is 14.6 Å². The van der Waals surface area contributed by atoms with E-state index in [2.05, 4.69) is 68.5 Å². The van der Waals surface area contributed by atoms with E-state index in [1.165, 1.54) is 25.3 Å². The van der Waals surface area contributed by atoms with Crippen LogP contribution in [0.25, 0.3) is 50.9 Å². The first-order chi connectivity index (χ1) is 25.4. The van der Waals surface area contributed by atoms with Crippen LogP contribution in [0.4, 0.5) is 0 Å². The van der Waals surface area contributed by atoms with Gasteiger partial charge in [-0.25, -0.2) is 19.7 Å². The average Bonchev–Trinajstić information content (AvgIpc) is 3.18. The zero-order valence-corrected chi connectivity index (χ0v) is 30.7. The molecule has 0 aliphatic carbocycles. The van der Waals surface area contributed by atoms with Crippen molar-refractivity contribution < 1.29 is 19.4 Å². The van der Waals surface area contributed by atoms with Gasteiger partial charge >= 0.3 is 5.97 Å². The first-order valence-electron chi connectivity index (χ1n) is 18.4. The summed E-state index contributed by atoms with van der Waals surface area (Å²) in [7, 11) is 0. The highest BCUT2D eigenvalue weighted by Crippen LogP contribution is 2.34. The third kappa shape index (κ3) is 10.3. The van der Waals surface area contributed by atoms with Crippen molar-refractivity contribution in [2.24, 2.45) is 0 Å². The summed E-state index contributed by atoms with van der Waals surface area (Å²) in [5.41, 5.74) is 6.47. The molecule has 0 saturated heterocycles. The molecule has 5 rings (SSSR count).